The van der Waals surface area contributed by atoms with Crippen LogP contribution in [0.2, 0.25) is 0 Å². The van der Waals surface area contributed by atoms with Crippen molar-refractivity contribution < 1.29 is 19.5 Å². The minimum Gasteiger partial charge on any atom is -0.394 e. The van der Waals surface area contributed by atoms with Gasteiger partial charge in [-0.25, -0.2) is 0 Å². The minimum absolute atomic E-state index is 0.0147. The van der Waals surface area contributed by atoms with E-state index in [0.717, 1.165) is 31.4 Å². The highest BCUT2D eigenvalue weighted by atomic mass is 79.9. The van der Waals surface area contributed by atoms with Crippen LogP contribution in [-0.2, 0) is 14.4 Å². The van der Waals surface area contributed by atoms with Crippen LogP contribution in [0.25, 0.3) is 0 Å². The van der Waals surface area contributed by atoms with Crippen LogP contribution in [0.3, 0.4) is 0 Å². The number of hydrogen-bond donors (Lipinski definition) is 1. The van der Waals surface area contributed by atoms with Crippen molar-refractivity contribution in [1.82, 2.24) is 9.80 Å². The summed E-state index contributed by atoms with van der Waals surface area (Å²) in [6, 6.07) is 8.30. The molecule has 2 bridgehead atoms. The van der Waals surface area contributed by atoms with Crippen LogP contribution in [0, 0.1) is 11.8 Å². The number of benzene rings is 1. The van der Waals surface area contributed by atoms with Gasteiger partial charge in [-0.1, -0.05) is 65.5 Å². The second-order valence-electron chi connectivity index (χ2n) is 11.6. The molecular formula is C31H40BrN3O4S. The molecule has 3 unspecified atom stereocenters. The van der Waals surface area contributed by atoms with Crippen LogP contribution < -0.4 is 4.90 Å². The summed E-state index contributed by atoms with van der Waals surface area (Å²) in [5.74, 6) is -1.62. The third-order valence-corrected chi connectivity index (χ3v) is 12.5. The lowest BCUT2D eigenvalue weighted by Gasteiger charge is -2.42. The molecule has 0 radical (unpaired) electrons. The SMILES string of the molecule is C=CCN(C(=O)[C@H]1[C@H]2C(=O)N([C@H](C)CO)C(C(=O)N(CC=C)C3CCCCC3)C23CC(Br)[C@@H]1S3)c1ccccc1. The molecule has 3 saturated heterocycles. The first-order chi connectivity index (χ1) is 19.3. The molecule has 7 atom stereocenters. The number of alkyl halides is 1. The highest BCUT2D eigenvalue weighted by molar-refractivity contribution is 9.09. The van der Waals surface area contributed by atoms with Gasteiger partial charge in [0.1, 0.15) is 6.04 Å². The van der Waals surface area contributed by atoms with Gasteiger partial charge in [0.2, 0.25) is 17.7 Å². The Morgan fingerprint density at radius 3 is 2.45 bits per heavy atom. The summed E-state index contributed by atoms with van der Waals surface area (Å²) in [5.41, 5.74) is 0.758. The largest absolute Gasteiger partial charge is 0.394 e. The third-order valence-electron chi connectivity index (χ3n) is 9.26. The van der Waals surface area contributed by atoms with Crippen LogP contribution in [-0.4, -0.2) is 85.3 Å². The topological polar surface area (TPSA) is 81.2 Å². The maximum atomic E-state index is 14.6. The number of rotatable bonds is 10. The van der Waals surface area contributed by atoms with Crippen molar-refractivity contribution >= 4 is 51.1 Å². The van der Waals surface area contributed by atoms with Crippen molar-refractivity contribution in [1.29, 1.82) is 0 Å². The Balaban J connectivity index is 1.57. The maximum absolute atomic E-state index is 14.6. The molecule has 1 aromatic rings. The molecule has 7 nitrogen and oxygen atoms in total. The lowest BCUT2D eigenvalue weighted by atomic mass is 9.70. The van der Waals surface area contributed by atoms with E-state index in [-0.39, 0.29) is 40.4 Å². The van der Waals surface area contributed by atoms with Gasteiger partial charge in [0, 0.05) is 34.9 Å². The lowest BCUT2D eigenvalue weighted by Crippen LogP contribution is -2.59. The minimum atomic E-state index is -0.749. The number of anilines is 1. The van der Waals surface area contributed by atoms with Gasteiger partial charge in [0.15, 0.2) is 0 Å². The second-order valence-corrected chi connectivity index (χ2v) is 14.3. The zero-order valence-corrected chi connectivity index (χ0v) is 25.6. The van der Waals surface area contributed by atoms with Crippen molar-refractivity contribution in [2.24, 2.45) is 11.8 Å². The number of aliphatic hydroxyl groups is 1. The molecule has 1 saturated carbocycles. The van der Waals surface area contributed by atoms with E-state index in [1.807, 2.05) is 35.2 Å². The Morgan fingerprint density at radius 1 is 1.15 bits per heavy atom. The molecule has 1 aliphatic carbocycles. The van der Waals surface area contributed by atoms with Crippen LogP contribution in [0.4, 0.5) is 5.69 Å². The number of nitrogens with zero attached hydrogens (tertiary/aromatic N) is 3. The van der Waals surface area contributed by atoms with E-state index >= 15 is 0 Å². The molecule has 0 aromatic heterocycles. The van der Waals surface area contributed by atoms with Crippen molar-refractivity contribution in [3.05, 3.63) is 55.6 Å². The summed E-state index contributed by atoms with van der Waals surface area (Å²) in [5, 5.41) is 10.1. The molecule has 1 aromatic carbocycles. The van der Waals surface area contributed by atoms with Crippen LogP contribution >= 0.6 is 27.7 Å². The number of carbonyl (C=O) groups is 3. The summed E-state index contributed by atoms with van der Waals surface area (Å²) >= 11 is 5.50. The van der Waals surface area contributed by atoms with Gasteiger partial charge >= 0.3 is 0 Å². The van der Waals surface area contributed by atoms with Crippen molar-refractivity contribution in [3.8, 4) is 0 Å². The highest BCUT2D eigenvalue weighted by Crippen LogP contribution is 2.68. The Labute approximate surface area is 250 Å². The van der Waals surface area contributed by atoms with E-state index in [1.54, 1.807) is 40.6 Å². The second kappa shape index (κ2) is 12.0. The van der Waals surface area contributed by atoms with Crippen LogP contribution in [0.1, 0.15) is 45.4 Å². The molecule has 1 spiro atoms. The Kier molecular flexibility index (Phi) is 8.83. The molecule has 1 N–H and O–H groups in total. The number of carbonyl (C=O) groups excluding carboxylic acids is 3. The quantitative estimate of drug-likeness (QED) is 0.307. The number of amides is 3. The van der Waals surface area contributed by atoms with Gasteiger partial charge in [0.05, 0.1) is 29.2 Å². The maximum Gasteiger partial charge on any atom is 0.247 e. The molecular weight excluding hydrogens is 590 g/mol. The van der Waals surface area contributed by atoms with Gasteiger partial charge in [-0.15, -0.1) is 24.9 Å². The number of halogens is 1. The van der Waals surface area contributed by atoms with Crippen LogP contribution in [0.15, 0.2) is 55.6 Å². The van der Waals surface area contributed by atoms with E-state index in [9.17, 15) is 19.5 Å². The highest BCUT2D eigenvalue weighted by Gasteiger charge is 2.76. The van der Waals surface area contributed by atoms with Gasteiger partial charge in [0.25, 0.3) is 0 Å². The average Bonchev–Trinajstić information content (AvgIpc) is 3.57. The fourth-order valence-electron chi connectivity index (χ4n) is 7.54. The molecule has 3 heterocycles. The number of likely N-dealkylation sites (tertiary alicyclic amines) is 1. The zero-order chi connectivity index (χ0) is 28.6. The average molecular weight is 631 g/mol. The summed E-state index contributed by atoms with van der Waals surface area (Å²) in [7, 11) is 0. The third kappa shape index (κ3) is 4.75. The molecule has 3 aliphatic heterocycles. The fourth-order valence-corrected chi connectivity index (χ4v) is 11.1. The Hall–Kier alpha value is -2.10. The van der Waals surface area contributed by atoms with E-state index in [4.69, 9.17) is 0 Å². The normalized spacial score (nSPS) is 32.0. The molecule has 5 rings (SSSR count). The zero-order valence-electron chi connectivity index (χ0n) is 23.2. The van der Waals surface area contributed by atoms with Crippen molar-refractivity contribution in [2.75, 3.05) is 24.6 Å². The van der Waals surface area contributed by atoms with Gasteiger partial charge in [-0.05, 0) is 38.3 Å². The van der Waals surface area contributed by atoms with Gasteiger partial charge in [-0.3, -0.25) is 14.4 Å². The Morgan fingerprint density at radius 2 is 1.82 bits per heavy atom. The monoisotopic (exact) mass is 629 g/mol. The Bertz CT molecular complexity index is 1140. The van der Waals surface area contributed by atoms with Crippen LogP contribution in [0.5, 0.6) is 0 Å². The summed E-state index contributed by atoms with van der Waals surface area (Å²) < 4.78 is -0.749. The van der Waals surface area contributed by atoms with E-state index in [1.165, 1.54) is 6.42 Å². The lowest BCUT2D eigenvalue weighted by molar-refractivity contribution is -0.146. The summed E-state index contributed by atoms with van der Waals surface area (Å²) in [4.78, 5) is 48.7. The first-order valence-electron chi connectivity index (χ1n) is 14.4. The molecule has 9 heteroatoms. The standard InChI is InChI=1S/C31H40BrN3O4S/c1-4-16-33(21-12-8-6-9-13-21)28(37)24-25-29(38)35(20(3)19-36)27(31(25)18-23(32)26(24)40-31)30(39)34(17-5-2)22-14-10-7-11-15-22/h4-6,8-9,12-13,20,22-27,36H,1-2,7,10-11,14-19H2,3H3/t20-,23?,24+,25+,26+,27?,31?/m1/s1. The van der Waals surface area contributed by atoms with E-state index in [0.29, 0.717) is 19.5 Å². The fraction of sp³-hybridized carbons (Fsp3) is 0.581. The number of hydrogen-bond acceptors (Lipinski definition) is 5. The first kappa shape index (κ1) is 29.4. The van der Waals surface area contributed by atoms with Crippen molar-refractivity contribution in [2.45, 2.75) is 78.4 Å². The number of para-hydroxylation sites is 1. The van der Waals surface area contributed by atoms with E-state index in [2.05, 4.69) is 29.1 Å². The molecule has 216 valence electrons. The summed E-state index contributed by atoms with van der Waals surface area (Å²) in [6.45, 7) is 10.1. The molecule has 40 heavy (non-hydrogen) atoms. The predicted octanol–water partition coefficient (Wildman–Crippen LogP) is 4.40. The smallest absolute Gasteiger partial charge is 0.247 e. The van der Waals surface area contributed by atoms with Gasteiger partial charge < -0.3 is 19.8 Å². The number of aliphatic hydroxyl groups excluding tert-OH is 1. The molecule has 4 aliphatic rings. The number of thioether (sulfide) groups is 1. The molecule has 4 fully saturated rings. The van der Waals surface area contributed by atoms with Crippen molar-refractivity contribution in [3.63, 3.8) is 0 Å². The summed E-state index contributed by atoms with van der Waals surface area (Å²) in [6.07, 6.45) is 9.30. The molecule has 3 amide bonds. The first-order valence-corrected chi connectivity index (χ1v) is 16.2. The van der Waals surface area contributed by atoms with E-state index < -0.39 is 28.7 Å². The predicted molar refractivity (Wildman–Crippen MR) is 163 cm³/mol. The van der Waals surface area contributed by atoms with Gasteiger partial charge in [-0.2, -0.15) is 0 Å². The number of fused-ring (bicyclic) bond motifs is 1.